The first-order valence-electron chi connectivity index (χ1n) is 7.49. The Bertz CT molecular complexity index is 537. The summed E-state index contributed by atoms with van der Waals surface area (Å²) in [5.74, 6) is 0.675. The van der Waals surface area contributed by atoms with Crippen LogP contribution in [0.2, 0.25) is 0 Å². The van der Waals surface area contributed by atoms with Crippen LogP contribution in [0, 0.1) is 5.92 Å². The van der Waals surface area contributed by atoms with Gasteiger partial charge in [-0.15, -0.1) is 6.58 Å². The molecule has 21 heavy (non-hydrogen) atoms. The highest BCUT2D eigenvalue weighted by Crippen LogP contribution is 2.24. The molecule has 1 fully saturated rings. The highest BCUT2D eigenvalue weighted by Gasteiger charge is 2.19. The van der Waals surface area contributed by atoms with Crippen molar-refractivity contribution in [2.45, 2.75) is 26.3 Å². The van der Waals surface area contributed by atoms with E-state index >= 15 is 0 Å². The van der Waals surface area contributed by atoms with Gasteiger partial charge in [-0.3, -0.25) is 4.79 Å². The molecule has 116 valence electrons. The van der Waals surface area contributed by atoms with E-state index in [4.69, 9.17) is 0 Å². The number of hydrogen-bond donors (Lipinski definition) is 1. The lowest BCUT2D eigenvalue weighted by Gasteiger charge is -2.31. The first-order valence-corrected chi connectivity index (χ1v) is 8.28. The smallest absolute Gasteiger partial charge is 0.283 e. The van der Waals surface area contributed by atoms with Crippen molar-refractivity contribution < 1.29 is 0 Å². The number of hydrogen-bond acceptors (Lipinski definition) is 4. The Morgan fingerprint density at radius 3 is 2.90 bits per heavy atom. The third kappa shape index (κ3) is 3.95. The average Bonchev–Trinajstić information content (AvgIpc) is 2.51. The van der Waals surface area contributed by atoms with Crippen molar-refractivity contribution in [3.05, 3.63) is 33.7 Å². The molecule has 0 amide bonds. The van der Waals surface area contributed by atoms with Crippen LogP contribution in [0.1, 0.15) is 19.8 Å². The first kappa shape index (κ1) is 16.2. The van der Waals surface area contributed by atoms with Crippen molar-refractivity contribution >= 4 is 21.6 Å². The molecule has 0 unspecified atom stereocenters. The Hall–Kier alpha value is -1.14. The molecule has 2 heterocycles. The molecule has 6 heteroatoms. The lowest BCUT2D eigenvalue weighted by molar-refractivity contribution is 0.374. The highest BCUT2D eigenvalue weighted by atomic mass is 79.9. The van der Waals surface area contributed by atoms with Gasteiger partial charge in [-0.2, -0.15) is 5.10 Å². The maximum Gasteiger partial charge on any atom is 0.283 e. The van der Waals surface area contributed by atoms with Gasteiger partial charge in [0.05, 0.1) is 18.4 Å². The Morgan fingerprint density at radius 1 is 1.57 bits per heavy atom. The zero-order valence-corrected chi connectivity index (χ0v) is 14.1. The van der Waals surface area contributed by atoms with E-state index in [0.717, 1.165) is 31.9 Å². The molecule has 0 aliphatic carbocycles. The molecule has 1 aliphatic rings. The second-order valence-electron chi connectivity index (χ2n) is 5.35. The Labute approximate surface area is 134 Å². The fourth-order valence-corrected chi connectivity index (χ4v) is 3.26. The van der Waals surface area contributed by atoms with E-state index < -0.39 is 0 Å². The van der Waals surface area contributed by atoms with Crippen molar-refractivity contribution in [1.82, 2.24) is 15.1 Å². The second-order valence-corrected chi connectivity index (χ2v) is 6.14. The van der Waals surface area contributed by atoms with Gasteiger partial charge in [-0.05, 0) is 54.7 Å². The number of aromatic nitrogens is 2. The zero-order chi connectivity index (χ0) is 15.2. The van der Waals surface area contributed by atoms with Crippen LogP contribution in [0.3, 0.4) is 0 Å². The van der Waals surface area contributed by atoms with Gasteiger partial charge in [0.15, 0.2) is 0 Å². The van der Waals surface area contributed by atoms with Crippen LogP contribution in [0.25, 0.3) is 0 Å². The van der Waals surface area contributed by atoms with E-state index in [1.54, 1.807) is 12.3 Å². The van der Waals surface area contributed by atoms with Crippen molar-refractivity contribution in [2.24, 2.45) is 5.92 Å². The Balaban J connectivity index is 2.19. The highest BCUT2D eigenvalue weighted by molar-refractivity contribution is 9.10. The molecule has 1 N–H and O–H groups in total. The molecule has 1 aromatic rings. The number of nitrogens with one attached hydrogen (secondary N) is 1. The van der Waals surface area contributed by atoms with Gasteiger partial charge in [0.25, 0.3) is 5.56 Å². The summed E-state index contributed by atoms with van der Waals surface area (Å²) in [6, 6.07) is 0. The van der Waals surface area contributed by atoms with Crippen molar-refractivity contribution in [3.8, 4) is 0 Å². The predicted octanol–water partition coefficient (Wildman–Crippen LogP) is 2.02. The fourth-order valence-electron chi connectivity index (χ4n) is 2.70. The maximum absolute atomic E-state index is 12.3. The van der Waals surface area contributed by atoms with Crippen LogP contribution in [0.4, 0.5) is 5.69 Å². The minimum Gasteiger partial charge on any atom is -0.369 e. The summed E-state index contributed by atoms with van der Waals surface area (Å²) in [7, 11) is 0. The molecule has 0 spiro atoms. The Kier molecular flexibility index (Phi) is 5.99. The number of allylic oxidation sites excluding steroid dienone is 1. The van der Waals surface area contributed by atoms with Gasteiger partial charge < -0.3 is 10.2 Å². The zero-order valence-electron chi connectivity index (χ0n) is 12.5. The van der Waals surface area contributed by atoms with E-state index in [-0.39, 0.29) is 5.56 Å². The third-order valence-corrected chi connectivity index (χ3v) is 4.67. The van der Waals surface area contributed by atoms with E-state index in [2.05, 4.69) is 44.7 Å². The maximum atomic E-state index is 12.3. The summed E-state index contributed by atoms with van der Waals surface area (Å²) in [6.07, 6.45) is 5.83. The van der Waals surface area contributed by atoms with Gasteiger partial charge >= 0.3 is 0 Å². The van der Waals surface area contributed by atoms with Gasteiger partial charge in [0.1, 0.15) is 4.47 Å². The number of piperidine rings is 1. The van der Waals surface area contributed by atoms with Crippen LogP contribution in [-0.2, 0) is 6.54 Å². The molecule has 0 atom stereocenters. The number of nitrogens with zero attached hydrogens (tertiary/aromatic N) is 3. The summed E-state index contributed by atoms with van der Waals surface area (Å²) in [4.78, 5) is 14.5. The lowest BCUT2D eigenvalue weighted by Crippen LogP contribution is -2.37. The normalized spacial score (nSPS) is 15.9. The van der Waals surface area contributed by atoms with Crippen molar-refractivity contribution in [2.75, 3.05) is 31.1 Å². The minimum absolute atomic E-state index is 0.101. The molecular formula is C15H23BrN4O. The molecule has 1 aliphatic heterocycles. The van der Waals surface area contributed by atoms with Crippen LogP contribution in [0.15, 0.2) is 28.1 Å². The molecule has 0 saturated carbocycles. The number of rotatable bonds is 6. The summed E-state index contributed by atoms with van der Waals surface area (Å²) >= 11 is 3.45. The standard InChI is InChI=1S/C15H23BrN4O/c1-3-9-20-15(21)14(16)13(10-18-20)19(4-2)11-12-5-7-17-8-6-12/h3,10,12,17H,1,4-9,11H2,2H3. The van der Waals surface area contributed by atoms with E-state index in [1.807, 2.05) is 0 Å². The molecule has 0 aromatic carbocycles. The monoisotopic (exact) mass is 354 g/mol. The van der Waals surface area contributed by atoms with Gasteiger partial charge in [0, 0.05) is 13.1 Å². The molecule has 1 aromatic heterocycles. The number of anilines is 1. The fraction of sp³-hybridized carbons (Fsp3) is 0.600. The van der Waals surface area contributed by atoms with Gasteiger partial charge in [-0.1, -0.05) is 6.08 Å². The van der Waals surface area contributed by atoms with Crippen LogP contribution < -0.4 is 15.8 Å². The van der Waals surface area contributed by atoms with Crippen LogP contribution >= 0.6 is 15.9 Å². The lowest BCUT2D eigenvalue weighted by atomic mass is 9.97. The van der Waals surface area contributed by atoms with Crippen molar-refractivity contribution in [3.63, 3.8) is 0 Å². The molecule has 1 saturated heterocycles. The van der Waals surface area contributed by atoms with E-state index in [1.165, 1.54) is 17.5 Å². The average molecular weight is 355 g/mol. The van der Waals surface area contributed by atoms with Crippen LogP contribution in [-0.4, -0.2) is 36.0 Å². The van der Waals surface area contributed by atoms with Crippen LogP contribution in [0.5, 0.6) is 0 Å². The SMILES string of the molecule is C=CCn1ncc(N(CC)CC2CCNCC2)c(Br)c1=O. The Morgan fingerprint density at radius 2 is 2.29 bits per heavy atom. The molecule has 0 radical (unpaired) electrons. The third-order valence-electron chi connectivity index (χ3n) is 3.93. The molecular weight excluding hydrogens is 332 g/mol. The van der Waals surface area contributed by atoms with Gasteiger partial charge in [-0.25, -0.2) is 4.68 Å². The predicted molar refractivity (Wildman–Crippen MR) is 89.9 cm³/mol. The van der Waals surface area contributed by atoms with Crippen molar-refractivity contribution in [1.29, 1.82) is 0 Å². The molecule has 0 bridgehead atoms. The van der Waals surface area contributed by atoms with E-state index in [0.29, 0.717) is 16.9 Å². The summed E-state index contributed by atoms with van der Waals surface area (Å²) < 4.78 is 2.01. The largest absolute Gasteiger partial charge is 0.369 e. The summed E-state index contributed by atoms with van der Waals surface area (Å²) in [5.41, 5.74) is 0.789. The topological polar surface area (TPSA) is 50.2 Å². The molecule has 2 rings (SSSR count). The quantitative estimate of drug-likeness (QED) is 0.794. The second kappa shape index (κ2) is 7.75. The summed E-state index contributed by atoms with van der Waals surface area (Å²) in [5, 5.41) is 7.62. The van der Waals surface area contributed by atoms with E-state index in [9.17, 15) is 4.79 Å². The summed E-state index contributed by atoms with van der Waals surface area (Å²) in [6.45, 7) is 10.2. The minimum atomic E-state index is -0.101. The number of halogens is 1. The first-order chi connectivity index (χ1) is 10.2. The molecule has 5 nitrogen and oxygen atoms in total. The van der Waals surface area contributed by atoms with Gasteiger partial charge in [0.2, 0.25) is 0 Å².